The molecule has 1 heterocycles. The minimum absolute atomic E-state index is 0.487. The quantitative estimate of drug-likeness (QED) is 0.532. The van der Waals surface area contributed by atoms with E-state index in [4.69, 9.17) is 5.73 Å². The van der Waals surface area contributed by atoms with Gasteiger partial charge in [0.25, 0.3) is 0 Å². The second-order valence-electron chi connectivity index (χ2n) is 2.54. The van der Waals surface area contributed by atoms with Crippen LogP contribution in [0.15, 0.2) is 15.8 Å². The van der Waals surface area contributed by atoms with E-state index < -0.39 is 0 Å². The van der Waals surface area contributed by atoms with Gasteiger partial charge < -0.3 is 11.1 Å². The van der Waals surface area contributed by atoms with E-state index in [9.17, 15) is 0 Å². The Morgan fingerprint density at radius 1 is 1.67 bits per heavy atom. The van der Waals surface area contributed by atoms with E-state index in [1.54, 1.807) is 18.4 Å². The van der Waals surface area contributed by atoms with Crippen molar-refractivity contribution in [3.63, 3.8) is 0 Å². The number of hydrogen-bond donors (Lipinski definition) is 2. The normalized spacial score (nSPS) is 11.7. The summed E-state index contributed by atoms with van der Waals surface area (Å²) in [6.45, 7) is 2.85. The van der Waals surface area contributed by atoms with Gasteiger partial charge in [0.2, 0.25) is 0 Å². The number of nitrogens with two attached hydrogens (primary N) is 1. The lowest BCUT2D eigenvalue weighted by atomic mass is 10.2. The van der Waals surface area contributed by atoms with E-state index in [0.717, 1.165) is 6.54 Å². The molecular weight excluding hydrogens is 170 g/mol. The number of thiophene rings is 1. The monoisotopic (exact) mass is 183 g/mol. The smallest absolute Gasteiger partial charge is 0.188 e. The number of rotatable bonds is 2. The van der Waals surface area contributed by atoms with Gasteiger partial charge in [-0.05, 0) is 28.8 Å². The molecule has 4 heteroatoms. The van der Waals surface area contributed by atoms with Crippen molar-refractivity contribution in [2.75, 3.05) is 7.05 Å². The van der Waals surface area contributed by atoms with Crippen molar-refractivity contribution in [1.29, 1.82) is 0 Å². The summed E-state index contributed by atoms with van der Waals surface area (Å²) in [6.07, 6.45) is 0. The highest BCUT2D eigenvalue weighted by Crippen LogP contribution is 2.12. The molecule has 0 saturated carbocycles. The van der Waals surface area contributed by atoms with E-state index in [2.05, 4.69) is 28.0 Å². The first-order valence-electron chi connectivity index (χ1n) is 3.72. The van der Waals surface area contributed by atoms with Crippen LogP contribution in [0.4, 0.5) is 0 Å². The topological polar surface area (TPSA) is 50.4 Å². The highest BCUT2D eigenvalue weighted by atomic mass is 32.1. The molecule has 0 unspecified atom stereocenters. The lowest BCUT2D eigenvalue weighted by molar-refractivity contribution is 0.898. The van der Waals surface area contributed by atoms with Crippen LogP contribution >= 0.6 is 11.3 Å². The molecule has 0 radical (unpaired) electrons. The summed E-state index contributed by atoms with van der Waals surface area (Å²) in [5.41, 5.74) is 8.07. The van der Waals surface area contributed by atoms with Gasteiger partial charge in [0, 0.05) is 13.6 Å². The van der Waals surface area contributed by atoms with E-state index in [1.807, 2.05) is 0 Å². The van der Waals surface area contributed by atoms with E-state index in [-0.39, 0.29) is 0 Å². The second-order valence-corrected chi connectivity index (χ2v) is 3.29. The molecule has 3 nitrogen and oxygen atoms in total. The fraction of sp³-hybridized carbons (Fsp3) is 0.375. The Morgan fingerprint density at radius 3 is 2.92 bits per heavy atom. The van der Waals surface area contributed by atoms with Crippen LogP contribution in [0, 0.1) is 6.92 Å². The minimum Gasteiger partial charge on any atom is -0.370 e. The summed E-state index contributed by atoms with van der Waals surface area (Å²) in [7, 11) is 1.67. The molecule has 3 N–H and O–H groups in total. The zero-order chi connectivity index (χ0) is 8.97. The number of nitrogens with one attached hydrogen (secondary N) is 1. The largest absolute Gasteiger partial charge is 0.370 e. The maximum Gasteiger partial charge on any atom is 0.188 e. The summed E-state index contributed by atoms with van der Waals surface area (Å²) in [6, 6.07) is 0. The van der Waals surface area contributed by atoms with Gasteiger partial charge in [-0.2, -0.15) is 11.3 Å². The van der Waals surface area contributed by atoms with Crippen molar-refractivity contribution in [3.05, 3.63) is 21.9 Å². The Hall–Kier alpha value is -1.03. The molecule has 1 rings (SSSR count). The first kappa shape index (κ1) is 9.06. The average molecular weight is 183 g/mol. The van der Waals surface area contributed by atoms with Gasteiger partial charge in [0.1, 0.15) is 0 Å². The maximum absolute atomic E-state index is 5.48. The third kappa shape index (κ3) is 2.23. The molecule has 0 spiro atoms. The van der Waals surface area contributed by atoms with Crippen LogP contribution in [0.5, 0.6) is 0 Å². The number of nitrogens with zero attached hydrogens (tertiary/aromatic N) is 1. The van der Waals surface area contributed by atoms with Gasteiger partial charge in [-0.1, -0.05) is 0 Å². The highest BCUT2D eigenvalue weighted by molar-refractivity contribution is 7.08. The standard InChI is InChI=1S/C8H13N3S/c1-6-4-12-5-7(6)3-11-8(9)10-2/h4-5H,3H2,1-2H3,(H3,9,10,11). The summed E-state index contributed by atoms with van der Waals surface area (Å²) >= 11 is 1.70. The summed E-state index contributed by atoms with van der Waals surface area (Å²) in [4.78, 5) is 3.80. The van der Waals surface area contributed by atoms with Gasteiger partial charge in [0.15, 0.2) is 5.96 Å². The van der Waals surface area contributed by atoms with Gasteiger partial charge in [-0.15, -0.1) is 0 Å². The highest BCUT2D eigenvalue weighted by Gasteiger charge is 1.98. The van der Waals surface area contributed by atoms with Crippen molar-refractivity contribution in [2.45, 2.75) is 13.5 Å². The van der Waals surface area contributed by atoms with Crippen molar-refractivity contribution in [3.8, 4) is 0 Å². The maximum atomic E-state index is 5.48. The molecule has 0 amide bonds. The number of guanidine groups is 1. The molecule has 12 heavy (non-hydrogen) atoms. The number of hydrogen-bond acceptors (Lipinski definition) is 2. The van der Waals surface area contributed by atoms with Crippen molar-refractivity contribution < 1.29 is 0 Å². The summed E-state index contributed by atoms with van der Waals surface area (Å²) in [5.74, 6) is 0.487. The Labute approximate surface area is 76.3 Å². The SMILES string of the molecule is CN=C(N)NCc1cscc1C. The lowest BCUT2D eigenvalue weighted by Crippen LogP contribution is -2.30. The predicted octanol–water partition coefficient (Wildman–Crippen LogP) is 1.09. The predicted molar refractivity (Wildman–Crippen MR) is 53.4 cm³/mol. The number of aryl methyl sites for hydroxylation is 1. The third-order valence-corrected chi connectivity index (χ3v) is 2.57. The van der Waals surface area contributed by atoms with Crippen molar-refractivity contribution in [1.82, 2.24) is 5.32 Å². The van der Waals surface area contributed by atoms with Gasteiger partial charge in [0.05, 0.1) is 0 Å². The van der Waals surface area contributed by atoms with Crippen LogP contribution in [0.2, 0.25) is 0 Å². The van der Waals surface area contributed by atoms with Crippen LogP contribution in [-0.2, 0) is 6.54 Å². The van der Waals surface area contributed by atoms with Crippen LogP contribution in [0.25, 0.3) is 0 Å². The van der Waals surface area contributed by atoms with Crippen LogP contribution in [0.1, 0.15) is 11.1 Å². The Kier molecular flexibility index (Phi) is 3.10. The molecule has 0 aromatic carbocycles. The fourth-order valence-corrected chi connectivity index (χ4v) is 1.69. The Bertz CT molecular complexity index is 278. The molecule has 0 saturated heterocycles. The summed E-state index contributed by atoms with van der Waals surface area (Å²) in [5, 5.41) is 7.25. The number of aliphatic imine (C=N–C) groups is 1. The zero-order valence-electron chi connectivity index (χ0n) is 7.29. The summed E-state index contributed by atoms with van der Waals surface area (Å²) < 4.78 is 0. The molecule has 66 valence electrons. The first-order valence-corrected chi connectivity index (χ1v) is 4.66. The first-order chi connectivity index (χ1) is 5.74. The van der Waals surface area contributed by atoms with E-state index in [1.165, 1.54) is 11.1 Å². The van der Waals surface area contributed by atoms with Gasteiger partial charge in [-0.25, -0.2) is 0 Å². The van der Waals surface area contributed by atoms with E-state index in [0.29, 0.717) is 5.96 Å². The van der Waals surface area contributed by atoms with Gasteiger partial charge >= 0.3 is 0 Å². The molecule has 0 aliphatic rings. The molecular formula is C8H13N3S. The van der Waals surface area contributed by atoms with Crippen LogP contribution in [0.3, 0.4) is 0 Å². The molecule has 0 atom stereocenters. The fourth-order valence-electron chi connectivity index (χ4n) is 0.833. The third-order valence-electron chi connectivity index (χ3n) is 1.66. The minimum atomic E-state index is 0.487. The van der Waals surface area contributed by atoms with E-state index >= 15 is 0 Å². The van der Waals surface area contributed by atoms with Gasteiger partial charge in [-0.3, -0.25) is 4.99 Å². The molecule has 0 aliphatic heterocycles. The molecule has 0 bridgehead atoms. The lowest BCUT2D eigenvalue weighted by Gasteiger charge is -2.03. The Morgan fingerprint density at radius 2 is 2.42 bits per heavy atom. The average Bonchev–Trinajstić information content (AvgIpc) is 2.47. The van der Waals surface area contributed by atoms with Crippen molar-refractivity contribution >= 4 is 17.3 Å². The molecule has 0 fully saturated rings. The molecule has 1 aromatic heterocycles. The molecule has 1 aromatic rings. The zero-order valence-corrected chi connectivity index (χ0v) is 8.11. The van der Waals surface area contributed by atoms with Crippen LogP contribution < -0.4 is 11.1 Å². The second kappa shape index (κ2) is 4.11. The van der Waals surface area contributed by atoms with Crippen LogP contribution in [-0.4, -0.2) is 13.0 Å². The Balaban J connectivity index is 2.49. The van der Waals surface area contributed by atoms with Crippen molar-refractivity contribution in [2.24, 2.45) is 10.7 Å². The molecule has 0 aliphatic carbocycles.